The first-order valence-corrected chi connectivity index (χ1v) is 8.03. The van der Waals surface area contributed by atoms with Gasteiger partial charge >= 0.3 is 0 Å². The average Bonchev–Trinajstić information content (AvgIpc) is 2.76. The van der Waals surface area contributed by atoms with Crippen LogP contribution in [0.5, 0.6) is 11.5 Å². The zero-order valence-corrected chi connectivity index (χ0v) is 13.2. The predicted molar refractivity (Wildman–Crippen MR) is 85.6 cm³/mol. The molecule has 2 saturated heterocycles. The maximum Gasteiger partial charge on any atom is 0.145 e. The van der Waals surface area contributed by atoms with Crippen LogP contribution in [0.25, 0.3) is 0 Å². The van der Waals surface area contributed by atoms with Gasteiger partial charge in [-0.2, -0.15) is 0 Å². The molecule has 4 nitrogen and oxygen atoms in total. The molecule has 0 N–H and O–H groups in total. The number of piperidine rings is 1. The van der Waals surface area contributed by atoms with Crippen LogP contribution in [0.3, 0.4) is 0 Å². The summed E-state index contributed by atoms with van der Waals surface area (Å²) in [6.07, 6.45) is 5.29. The van der Waals surface area contributed by atoms with Crippen LogP contribution in [0.1, 0.15) is 25.7 Å². The van der Waals surface area contributed by atoms with Crippen LogP contribution in [0.4, 0.5) is 5.69 Å². The predicted octanol–water partition coefficient (Wildman–Crippen LogP) is 2.77. The lowest BCUT2D eigenvalue weighted by atomic mass is 10.0. The number of methoxy groups -OCH3 is 2. The van der Waals surface area contributed by atoms with Gasteiger partial charge in [-0.05, 0) is 37.9 Å². The highest BCUT2D eigenvalue weighted by atomic mass is 16.5. The SMILES string of the molecule is COc1ccc(N2CCCN3CCCCC3C2)c(OC)c1. The lowest BCUT2D eigenvalue weighted by Crippen LogP contribution is -2.44. The summed E-state index contributed by atoms with van der Waals surface area (Å²) >= 11 is 0. The van der Waals surface area contributed by atoms with Crippen molar-refractivity contribution in [2.45, 2.75) is 31.7 Å². The first kappa shape index (κ1) is 14.5. The lowest BCUT2D eigenvalue weighted by Gasteiger charge is -2.36. The molecular weight excluding hydrogens is 264 g/mol. The lowest BCUT2D eigenvalue weighted by molar-refractivity contribution is 0.162. The number of rotatable bonds is 3. The summed E-state index contributed by atoms with van der Waals surface area (Å²) in [6.45, 7) is 4.73. The van der Waals surface area contributed by atoms with E-state index in [2.05, 4.69) is 15.9 Å². The molecule has 0 spiro atoms. The quantitative estimate of drug-likeness (QED) is 0.854. The second-order valence-corrected chi connectivity index (χ2v) is 6.02. The number of fused-ring (bicyclic) bond motifs is 1. The van der Waals surface area contributed by atoms with Crippen molar-refractivity contribution >= 4 is 5.69 Å². The molecule has 0 aliphatic carbocycles. The molecule has 1 aromatic carbocycles. The van der Waals surface area contributed by atoms with Gasteiger partial charge in [-0.3, -0.25) is 4.90 Å². The fourth-order valence-corrected chi connectivity index (χ4v) is 3.64. The Hall–Kier alpha value is -1.42. The van der Waals surface area contributed by atoms with E-state index in [1.165, 1.54) is 44.5 Å². The Labute approximate surface area is 127 Å². The summed E-state index contributed by atoms with van der Waals surface area (Å²) in [5.74, 6) is 1.77. The molecule has 2 aliphatic heterocycles. The second kappa shape index (κ2) is 6.56. The minimum absolute atomic E-state index is 0.702. The van der Waals surface area contributed by atoms with E-state index in [0.29, 0.717) is 6.04 Å². The zero-order valence-electron chi connectivity index (χ0n) is 13.2. The fourth-order valence-electron chi connectivity index (χ4n) is 3.64. The molecule has 1 aromatic rings. The van der Waals surface area contributed by atoms with Crippen LogP contribution < -0.4 is 14.4 Å². The van der Waals surface area contributed by atoms with Gasteiger partial charge in [-0.1, -0.05) is 6.42 Å². The van der Waals surface area contributed by atoms with E-state index in [9.17, 15) is 0 Å². The van der Waals surface area contributed by atoms with E-state index in [0.717, 1.165) is 24.6 Å². The van der Waals surface area contributed by atoms with E-state index in [4.69, 9.17) is 9.47 Å². The molecule has 21 heavy (non-hydrogen) atoms. The number of anilines is 1. The topological polar surface area (TPSA) is 24.9 Å². The molecule has 1 unspecified atom stereocenters. The Bertz CT molecular complexity index is 478. The number of hydrogen-bond acceptors (Lipinski definition) is 4. The van der Waals surface area contributed by atoms with Crippen molar-refractivity contribution in [3.8, 4) is 11.5 Å². The number of hydrogen-bond donors (Lipinski definition) is 0. The highest BCUT2D eigenvalue weighted by Gasteiger charge is 2.28. The molecule has 0 amide bonds. The molecule has 2 heterocycles. The summed E-state index contributed by atoms with van der Waals surface area (Å²) in [7, 11) is 3.43. The van der Waals surface area contributed by atoms with Gasteiger partial charge in [-0.25, -0.2) is 0 Å². The van der Waals surface area contributed by atoms with Gasteiger partial charge in [-0.15, -0.1) is 0 Å². The zero-order chi connectivity index (χ0) is 14.7. The Morgan fingerprint density at radius 1 is 1.00 bits per heavy atom. The monoisotopic (exact) mass is 290 g/mol. The minimum Gasteiger partial charge on any atom is -0.497 e. The van der Waals surface area contributed by atoms with E-state index < -0.39 is 0 Å². The van der Waals surface area contributed by atoms with Crippen LogP contribution in [0.15, 0.2) is 18.2 Å². The highest BCUT2D eigenvalue weighted by Crippen LogP contribution is 2.34. The van der Waals surface area contributed by atoms with Gasteiger partial charge in [0.05, 0.1) is 19.9 Å². The molecule has 2 fully saturated rings. The van der Waals surface area contributed by atoms with E-state index >= 15 is 0 Å². The second-order valence-electron chi connectivity index (χ2n) is 6.02. The summed E-state index contributed by atoms with van der Waals surface area (Å²) < 4.78 is 10.9. The Morgan fingerprint density at radius 2 is 1.86 bits per heavy atom. The smallest absolute Gasteiger partial charge is 0.145 e. The average molecular weight is 290 g/mol. The maximum absolute atomic E-state index is 5.58. The van der Waals surface area contributed by atoms with Crippen molar-refractivity contribution in [2.24, 2.45) is 0 Å². The van der Waals surface area contributed by atoms with Gasteiger partial charge in [0.15, 0.2) is 0 Å². The summed E-state index contributed by atoms with van der Waals surface area (Å²) in [6, 6.07) is 6.85. The first-order valence-electron chi connectivity index (χ1n) is 8.03. The van der Waals surface area contributed by atoms with Crippen LogP contribution in [0.2, 0.25) is 0 Å². The number of nitrogens with zero attached hydrogens (tertiary/aromatic N) is 2. The Balaban J connectivity index is 1.82. The summed E-state index contributed by atoms with van der Waals surface area (Å²) in [5.41, 5.74) is 1.20. The molecule has 1 atom stereocenters. The molecule has 4 heteroatoms. The molecule has 3 rings (SSSR count). The third kappa shape index (κ3) is 3.10. The molecular formula is C17H26N2O2. The van der Waals surface area contributed by atoms with Crippen LogP contribution in [-0.4, -0.2) is 51.3 Å². The first-order chi connectivity index (χ1) is 10.3. The fraction of sp³-hybridized carbons (Fsp3) is 0.647. The van der Waals surface area contributed by atoms with Crippen LogP contribution in [0, 0.1) is 0 Å². The van der Waals surface area contributed by atoms with Gasteiger partial charge in [0.2, 0.25) is 0 Å². The van der Waals surface area contributed by atoms with Crippen LogP contribution in [-0.2, 0) is 0 Å². The van der Waals surface area contributed by atoms with E-state index in [-0.39, 0.29) is 0 Å². The van der Waals surface area contributed by atoms with Crippen LogP contribution >= 0.6 is 0 Å². The summed E-state index contributed by atoms with van der Waals surface area (Å²) in [4.78, 5) is 5.17. The van der Waals surface area contributed by atoms with Crippen molar-refractivity contribution in [1.29, 1.82) is 0 Å². The van der Waals surface area contributed by atoms with Gasteiger partial charge < -0.3 is 14.4 Å². The minimum atomic E-state index is 0.702. The molecule has 0 aromatic heterocycles. The maximum atomic E-state index is 5.58. The third-order valence-electron chi connectivity index (χ3n) is 4.78. The van der Waals surface area contributed by atoms with Gasteiger partial charge in [0.1, 0.15) is 11.5 Å². The van der Waals surface area contributed by atoms with Crippen molar-refractivity contribution in [3.05, 3.63) is 18.2 Å². The Kier molecular flexibility index (Phi) is 4.54. The summed E-state index contributed by atoms with van der Waals surface area (Å²) in [5, 5.41) is 0. The van der Waals surface area contributed by atoms with Crippen molar-refractivity contribution < 1.29 is 9.47 Å². The molecule has 0 bridgehead atoms. The van der Waals surface area contributed by atoms with Crippen molar-refractivity contribution in [1.82, 2.24) is 4.90 Å². The number of benzene rings is 1. The largest absolute Gasteiger partial charge is 0.497 e. The van der Waals surface area contributed by atoms with Gasteiger partial charge in [0, 0.05) is 31.7 Å². The normalized spacial score (nSPS) is 23.3. The van der Waals surface area contributed by atoms with Gasteiger partial charge in [0.25, 0.3) is 0 Å². The standard InChI is InChI=1S/C17H26N2O2/c1-20-15-7-8-16(17(12-15)21-2)19-11-5-10-18-9-4-3-6-14(18)13-19/h7-8,12,14H,3-6,9-11,13H2,1-2H3. The molecule has 0 radical (unpaired) electrons. The molecule has 2 aliphatic rings. The van der Waals surface area contributed by atoms with E-state index in [1.54, 1.807) is 14.2 Å². The molecule has 116 valence electrons. The van der Waals surface area contributed by atoms with Crippen molar-refractivity contribution in [3.63, 3.8) is 0 Å². The number of ether oxygens (including phenoxy) is 2. The highest BCUT2D eigenvalue weighted by molar-refractivity contribution is 5.61. The Morgan fingerprint density at radius 3 is 2.67 bits per heavy atom. The van der Waals surface area contributed by atoms with Crippen molar-refractivity contribution in [2.75, 3.05) is 45.3 Å². The third-order valence-corrected chi connectivity index (χ3v) is 4.78. The molecule has 0 saturated carbocycles. The van der Waals surface area contributed by atoms with E-state index in [1.807, 2.05) is 12.1 Å².